The van der Waals surface area contributed by atoms with Gasteiger partial charge in [-0.05, 0) is 32.5 Å². The van der Waals surface area contributed by atoms with Crippen LogP contribution in [0, 0.1) is 11.8 Å². The molecule has 1 aromatic heterocycles. The largest absolute Gasteiger partial charge is 0.395 e. The van der Waals surface area contributed by atoms with Crippen molar-refractivity contribution in [2.24, 2.45) is 0 Å². The Labute approximate surface area is 118 Å². The van der Waals surface area contributed by atoms with Crippen molar-refractivity contribution in [2.45, 2.75) is 19.4 Å². The number of hydrogen-bond donors (Lipinski definition) is 2. The summed E-state index contributed by atoms with van der Waals surface area (Å²) >= 11 is 1.39. The van der Waals surface area contributed by atoms with Gasteiger partial charge in [0, 0.05) is 24.6 Å². The van der Waals surface area contributed by atoms with Crippen molar-refractivity contribution >= 4 is 17.2 Å². The first kappa shape index (κ1) is 15.7. The zero-order valence-corrected chi connectivity index (χ0v) is 12.4. The molecule has 1 unspecified atom stereocenters. The lowest BCUT2D eigenvalue weighted by molar-refractivity contribution is 0.0947. The first-order valence-electron chi connectivity index (χ1n) is 6.18. The lowest BCUT2D eigenvalue weighted by atomic mass is 10.2. The van der Waals surface area contributed by atoms with Crippen LogP contribution in [0.3, 0.4) is 0 Å². The number of carbonyl (C=O) groups excluding carboxylic acids is 1. The van der Waals surface area contributed by atoms with Crippen LogP contribution < -0.4 is 5.32 Å². The zero-order chi connectivity index (χ0) is 14.3. The van der Waals surface area contributed by atoms with Crippen LogP contribution in [-0.4, -0.2) is 49.2 Å². The summed E-state index contributed by atoms with van der Waals surface area (Å²) in [5.41, 5.74) is 0.730. The van der Waals surface area contributed by atoms with Gasteiger partial charge in [0.25, 0.3) is 5.91 Å². The van der Waals surface area contributed by atoms with Gasteiger partial charge in [0.2, 0.25) is 0 Å². The van der Waals surface area contributed by atoms with Gasteiger partial charge in [0.15, 0.2) is 0 Å². The number of carbonyl (C=O) groups is 1. The second-order valence-electron chi connectivity index (χ2n) is 4.46. The van der Waals surface area contributed by atoms with Gasteiger partial charge in [-0.15, -0.1) is 11.3 Å². The molecule has 19 heavy (non-hydrogen) atoms. The Kier molecular flexibility index (Phi) is 6.57. The fourth-order valence-corrected chi connectivity index (χ4v) is 2.07. The molecule has 2 N–H and O–H groups in total. The summed E-state index contributed by atoms with van der Waals surface area (Å²) in [5.74, 6) is 5.66. The van der Waals surface area contributed by atoms with Crippen LogP contribution in [-0.2, 0) is 0 Å². The Morgan fingerprint density at radius 2 is 2.32 bits per heavy atom. The van der Waals surface area contributed by atoms with E-state index < -0.39 is 0 Å². The van der Waals surface area contributed by atoms with Crippen molar-refractivity contribution in [3.05, 3.63) is 21.9 Å². The van der Waals surface area contributed by atoms with E-state index in [0.29, 0.717) is 17.8 Å². The number of nitrogens with one attached hydrogen (secondary N) is 1. The maximum absolute atomic E-state index is 12.0. The molecule has 1 heterocycles. The molecule has 4 nitrogen and oxygen atoms in total. The van der Waals surface area contributed by atoms with Crippen LogP contribution in [0.15, 0.2) is 11.4 Å². The quantitative estimate of drug-likeness (QED) is 0.796. The Bertz CT molecular complexity index is 471. The van der Waals surface area contributed by atoms with Gasteiger partial charge in [-0.25, -0.2) is 0 Å². The Morgan fingerprint density at radius 1 is 1.58 bits per heavy atom. The van der Waals surface area contributed by atoms with Crippen molar-refractivity contribution in [3.63, 3.8) is 0 Å². The molecule has 0 saturated carbocycles. The summed E-state index contributed by atoms with van der Waals surface area (Å²) in [7, 11) is 3.96. The fourth-order valence-electron chi connectivity index (χ4n) is 1.30. The lowest BCUT2D eigenvalue weighted by Crippen LogP contribution is -2.38. The number of aliphatic hydroxyl groups excluding tert-OH is 1. The van der Waals surface area contributed by atoms with E-state index in [0.717, 1.165) is 5.56 Å². The maximum Gasteiger partial charge on any atom is 0.262 e. The third-order valence-corrected chi connectivity index (χ3v) is 3.68. The van der Waals surface area contributed by atoms with E-state index in [-0.39, 0.29) is 18.6 Å². The van der Waals surface area contributed by atoms with Gasteiger partial charge in [-0.1, -0.05) is 11.8 Å². The molecule has 104 valence electrons. The number of rotatable bonds is 5. The average Bonchev–Trinajstić information content (AvgIpc) is 2.84. The predicted molar refractivity (Wildman–Crippen MR) is 78.4 cm³/mol. The highest BCUT2D eigenvalue weighted by Crippen LogP contribution is 2.15. The van der Waals surface area contributed by atoms with Crippen molar-refractivity contribution in [2.75, 3.05) is 27.2 Å². The van der Waals surface area contributed by atoms with Crippen molar-refractivity contribution < 1.29 is 9.90 Å². The Balaban J connectivity index is 2.63. The van der Waals surface area contributed by atoms with Crippen LogP contribution in [0.1, 0.15) is 28.6 Å². The molecule has 1 rings (SSSR count). The fraction of sp³-hybridized carbons (Fsp3) is 0.500. The molecular weight excluding hydrogens is 260 g/mol. The Morgan fingerprint density at radius 3 is 2.95 bits per heavy atom. The summed E-state index contributed by atoms with van der Waals surface area (Å²) in [6.07, 6.45) is 0.425. The van der Waals surface area contributed by atoms with E-state index in [1.807, 2.05) is 25.5 Å². The number of likely N-dealkylation sites (N-methyl/N-ethyl adjacent to an activating group) is 1. The average molecular weight is 280 g/mol. The van der Waals surface area contributed by atoms with Gasteiger partial charge < -0.3 is 15.3 Å². The van der Waals surface area contributed by atoms with E-state index >= 15 is 0 Å². The Hall–Kier alpha value is -1.35. The maximum atomic E-state index is 12.0. The number of amides is 1. The highest BCUT2D eigenvalue weighted by molar-refractivity contribution is 7.12. The van der Waals surface area contributed by atoms with Gasteiger partial charge >= 0.3 is 0 Å². The van der Waals surface area contributed by atoms with E-state index in [2.05, 4.69) is 29.0 Å². The minimum absolute atomic E-state index is 0.0407. The standard InChI is InChI=1S/C14H20N2O2S/c1-11(16(2)3)10-15-14(18)13-12(7-9-19-13)6-4-5-8-17/h7,9,11,17H,5,8,10H2,1-3H3,(H,15,18). The second-order valence-corrected chi connectivity index (χ2v) is 5.38. The van der Waals surface area contributed by atoms with E-state index in [1.165, 1.54) is 11.3 Å². The lowest BCUT2D eigenvalue weighted by Gasteiger charge is -2.19. The third kappa shape index (κ3) is 5.03. The molecule has 0 saturated heterocycles. The molecule has 0 aliphatic heterocycles. The summed E-state index contributed by atoms with van der Waals surface area (Å²) in [6, 6.07) is 2.12. The molecule has 1 aromatic rings. The molecular formula is C14H20N2O2S. The first-order valence-corrected chi connectivity index (χ1v) is 7.06. The molecule has 1 amide bonds. The number of aliphatic hydroxyl groups is 1. The predicted octanol–water partition coefficient (Wildman–Crippen LogP) is 1.16. The van der Waals surface area contributed by atoms with E-state index in [9.17, 15) is 4.79 Å². The minimum Gasteiger partial charge on any atom is -0.395 e. The third-order valence-electron chi connectivity index (χ3n) is 2.77. The van der Waals surface area contributed by atoms with Crippen molar-refractivity contribution in [3.8, 4) is 11.8 Å². The van der Waals surface area contributed by atoms with Crippen molar-refractivity contribution in [1.29, 1.82) is 0 Å². The molecule has 0 aliphatic carbocycles. The zero-order valence-electron chi connectivity index (χ0n) is 11.6. The molecule has 1 atom stereocenters. The van der Waals surface area contributed by atoms with Crippen LogP contribution in [0.4, 0.5) is 0 Å². The van der Waals surface area contributed by atoms with Crippen LogP contribution in [0.5, 0.6) is 0 Å². The molecule has 5 heteroatoms. The van der Waals surface area contributed by atoms with Crippen molar-refractivity contribution in [1.82, 2.24) is 10.2 Å². The summed E-state index contributed by atoms with van der Waals surface area (Å²) in [6.45, 7) is 2.70. The van der Waals surface area contributed by atoms with Crippen LogP contribution in [0.25, 0.3) is 0 Å². The highest BCUT2D eigenvalue weighted by Gasteiger charge is 2.13. The van der Waals surface area contributed by atoms with Gasteiger partial charge in [0.1, 0.15) is 4.88 Å². The van der Waals surface area contributed by atoms with Crippen LogP contribution in [0.2, 0.25) is 0 Å². The smallest absolute Gasteiger partial charge is 0.262 e. The number of nitrogens with zero attached hydrogens (tertiary/aromatic N) is 1. The molecule has 0 bridgehead atoms. The minimum atomic E-state index is -0.0861. The number of thiophene rings is 1. The van der Waals surface area contributed by atoms with E-state index in [1.54, 1.807) is 0 Å². The molecule has 0 aromatic carbocycles. The van der Waals surface area contributed by atoms with Crippen LogP contribution >= 0.6 is 11.3 Å². The van der Waals surface area contributed by atoms with Gasteiger partial charge in [-0.2, -0.15) is 0 Å². The summed E-state index contributed by atoms with van der Waals surface area (Å²) < 4.78 is 0. The van der Waals surface area contributed by atoms with E-state index in [4.69, 9.17) is 5.11 Å². The van der Waals surface area contributed by atoms with Gasteiger partial charge in [0.05, 0.1) is 6.61 Å². The SMILES string of the molecule is CC(CNC(=O)c1sccc1C#CCCO)N(C)C. The molecule has 0 aliphatic rings. The molecule has 0 radical (unpaired) electrons. The summed E-state index contributed by atoms with van der Waals surface area (Å²) in [5, 5.41) is 13.5. The topological polar surface area (TPSA) is 52.6 Å². The molecule has 0 fully saturated rings. The summed E-state index contributed by atoms with van der Waals surface area (Å²) in [4.78, 5) is 14.7. The highest BCUT2D eigenvalue weighted by atomic mass is 32.1. The first-order chi connectivity index (χ1) is 9.06. The molecule has 0 spiro atoms. The normalized spacial score (nSPS) is 11.8. The van der Waals surface area contributed by atoms with Gasteiger partial charge in [-0.3, -0.25) is 4.79 Å². The number of hydrogen-bond acceptors (Lipinski definition) is 4. The second kappa shape index (κ2) is 7.95. The monoisotopic (exact) mass is 280 g/mol.